The Morgan fingerprint density at radius 3 is 2.43 bits per heavy atom. The van der Waals surface area contributed by atoms with Gasteiger partial charge in [0.2, 0.25) is 5.88 Å². The molecule has 0 radical (unpaired) electrons. The molecule has 0 amide bonds. The van der Waals surface area contributed by atoms with Crippen molar-refractivity contribution < 1.29 is 9.13 Å². The molecule has 1 heterocycles. The number of guanidine groups is 1. The van der Waals surface area contributed by atoms with E-state index in [1.807, 2.05) is 18.2 Å². The molecule has 0 bridgehead atoms. The minimum atomic E-state index is -0.191. The van der Waals surface area contributed by atoms with Gasteiger partial charge >= 0.3 is 0 Å². The number of ether oxygens (including phenoxy) is 1. The molecule has 0 saturated carbocycles. The molecule has 6 heteroatoms. The first-order chi connectivity index (χ1) is 11.1. The molecular formula is C17H21FN4O. The highest BCUT2D eigenvalue weighted by molar-refractivity contribution is 5.79. The van der Waals surface area contributed by atoms with E-state index in [1.54, 1.807) is 33.3 Å². The maximum absolute atomic E-state index is 13.3. The molecule has 0 aliphatic rings. The summed E-state index contributed by atoms with van der Waals surface area (Å²) in [6.45, 7) is 2.92. The van der Waals surface area contributed by atoms with Crippen LogP contribution in [-0.2, 0) is 13.1 Å². The van der Waals surface area contributed by atoms with E-state index in [0.29, 0.717) is 30.5 Å². The monoisotopic (exact) mass is 316 g/mol. The predicted octanol–water partition coefficient (Wildman–Crippen LogP) is 2.40. The molecule has 2 N–H and O–H groups in total. The third-order valence-electron chi connectivity index (χ3n) is 3.37. The summed E-state index contributed by atoms with van der Waals surface area (Å²) in [5, 5.41) is 6.40. The number of aromatic nitrogens is 1. The Hall–Kier alpha value is -2.63. The van der Waals surface area contributed by atoms with Crippen molar-refractivity contribution in [3.05, 3.63) is 59.0 Å². The average molecular weight is 316 g/mol. The number of hydrogen-bond donors (Lipinski definition) is 2. The van der Waals surface area contributed by atoms with Gasteiger partial charge in [-0.3, -0.25) is 4.99 Å². The molecule has 1 aromatic heterocycles. The van der Waals surface area contributed by atoms with Crippen molar-refractivity contribution in [3.63, 3.8) is 0 Å². The van der Waals surface area contributed by atoms with Crippen LogP contribution in [0, 0.1) is 12.7 Å². The molecule has 5 nitrogen and oxygen atoms in total. The summed E-state index contributed by atoms with van der Waals surface area (Å²) in [7, 11) is 3.29. The number of nitrogens with zero attached hydrogens (tertiary/aromatic N) is 2. The first-order valence-corrected chi connectivity index (χ1v) is 7.31. The van der Waals surface area contributed by atoms with E-state index < -0.39 is 0 Å². The molecule has 0 saturated heterocycles. The first kappa shape index (κ1) is 16.7. The van der Waals surface area contributed by atoms with Gasteiger partial charge in [0.25, 0.3) is 0 Å². The molecular weight excluding hydrogens is 295 g/mol. The SMILES string of the molecule is CN=C(NCc1ccc(OC)nc1)NCc1ccc(F)c(C)c1. The number of aryl methyl sites for hydroxylation is 1. The van der Waals surface area contributed by atoms with Crippen LogP contribution in [0.15, 0.2) is 41.5 Å². The standard InChI is InChI=1S/C17H21FN4O/c1-12-8-13(4-6-15(12)18)9-21-17(19-2)22-11-14-5-7-16(23-3)20-10-14/h4-8,10H,9,11H2,1-3H3,(H2,19,21,22). The van der Waals surface area contributed by atoms with E-state index in [2.05, 4.69) is 20.6 Å². The second-order valence-corrected chi connectivity index (χ2v) is 5.07. The second-order valence-electron chi connectivity index (χ2n) is 5.07. The van der Waals surface area contributed by atoms with Gasteiger partial charge in [0.05, 0.1) is 7.11 Å². The van der Waals surface area contributed by atoms with E-state index in [0.717, 1.165) is 11.1 Å². The lowest BCUT2D eigenvalue weighted by Gasteiger charge is -2.12. The molecule has 0 atom stereocenters. The number of methoxy groups -OCH3 is 1. The quantitative estimate of drug-likeness (QED) is 0.657. The number of rotatable bonds is 5. The number of benzene rings is 1. The van der Waals surface area contributed by atoms with E-state index in [-0.39, 0.29) is 5.82 Å². The molecule has 23 heavy (non-hydrogen) atoms. The molecule has 0 unspecified atom stereocenters. The largest absolute Gasteiger partial charge is 0.481 e. The molecule has 1 aromatic carbocycles. The van der Waals surface area contributed by atoms with Crippen LogP contribution in [-0.4, -0.2) is 25.1 Å². The Morgan fingerprint density at radius 1 is 1.17 bits per heavy atom. The lowest BCUT2D eigenvalue weighted by molar-refractivity contribution is 0.397. The number of aliphatic imine (C=N–C) groups is 1. The highest BCUT2D eigenvalue weighted by Gasteiger charge is 2.02. The number of pyridine rings is 1. The smallest absolute Gasteiger partial charge is 0.212 e. The van der Waals surface area contributed by atoms with Gasteiger partial charge in [0.15, 0.2) is 5.96 Å². The van der Waals surface area contributed by atoms with Crippen LogP contribution in [0.2, 0.25) is 0 Å². The van der Waals surface area contributed by atoms with E-state index in [1.165, 1.54) is 6.07 Å². The summed E-state index contributed by atoms with van der Waals surface area (Å²) in [6, 6.07) is 8.81. The van der Waals surface area contributed by atoms with Crippen LogP contribution in [0.5, 0.6) is 5.88 Å². The maximum atomic E-state index is 13.3. The zero-order chi connectivity index (χ0) is 16.7. The zero-order valence-corrected chi connectivity index (χ0v) is 13.6. The summed E-state index contributed by atoms with van der Waals surface area (Å²) >= 11 is 0. The molecule has 0 aliphatic carbocycles. The summed E-state index contributed by atoms with van der Waals surface area (Å²) in [6.07, 6.45) is 1.75. The van der Waals surface area contributed by atoms with Gasteiger partial charge in [-0.15, -0.1) is 0 Å². The van der Waals surface area contributed by atoms with Crippen LogP contribution >= 0.6 is 0 Å². The van der Waals surface area contributed by atoms with Crippen molar-refractivity contribution in [2.75, 3.05) is 14.2 Å². The molecule has 2 rings (SSSR count). The van der Waals surface area contributed by atoms with Crippen LogP contribution in [0.25, 0.3) is 0 Å². The summed E-state index contributed by atoms with van der Waals surface area (Å²) in [4.78, 5) is 8.32. The number of nitrogens with one attached hydrogen (secondary N) is 2. The van der Waals surface area contributed by atoms with Crippen molar-refractivity contribution in [1.82, 2.24) is 15.6 Å². The molecule has 2 aromatic rings. The fourth-order valence-corrected chi connectivity index (χ4v) is 2.05. The lowest BCUT2D eigenvalue weighted by Crippen LogP contribution is -2.36. The predicted molar refractivity (Wildman–Crippen MR) is 89.0 cm³/mol. The second kappa shape index (κ2) is 8.12. The van der Waals surface area contributed by atoms with E-state index in [4.69, 9.17) is 4.74 Å². The summed E-state index contributed by atoms with van der Waals surface area (Å²) in [5.74, 6) is 1.06. The van der Waals surface area contributed by atoms with Crippen molar-refractivity contribution in [2.24, 2.45) is 4.99 Å². The van der Waals surface area contributed by atoms with Crippen molar-refractivity contribution in [2.45, 2.75) is 20.0 Å². The van der Waals surface area contributed by atoms with E-state index in [9.17, 15) is 4.39 Å². The maximum Gasteiger partial charge on any atom is 0.212 e. The first-order valence-electron chi connectivity index (χ1n) is 7.31. The normalized spacial score (nSPS) is 11.2. The topological polar surface area (TPSA) is 58.5 Å². The molecule has 0 fully saturated rings. The fourth-order valence-electron chi connectivity index (χ4n) is 2.05. The highest BCUT2D eigenvalue weighted by atomic mass is 19.1. The Morgan fingerprint density at radius 2 is 1.87 bits per heavy atom. The average Bonchev–Trinajstić information content (AvgIpc) is 2.58. The van der Waals surface area contributed by atoms with Gasteiger partial charge in [-0.1, -0.05) is 18.2 Å². The minimum Gasteiger partial charge on any atom is -0.481 e. The summed E-state index contributed by atoms with van der Waals surface area (Å²) < 4.78 is 18.3. The van der Waals surface area contributed by atoms with Crippen LogP contribution in [0.4, 0.5) is 4.39 Å². The number of hydrogen-bond acceptors (Lipinski definition) is 3. The number of halogens is 1. The Bertz CT molecular complexity index is 671. The molecule has 122 valence electrons. The van der Waals surface area contributed by atoms with Crippen LogP contribution in [0.3, 0.4) is 0 Å². The van der Waals surface area contributed by atoms with Gasteiger partial charge in [0.1, 0.15) is 5.82 Å². The van der Waals surface area contributed by atoms with Crippen LogP contribution in [0.1, 0.15) is 16.7 Å². The zero-order valence-electron chi connectivity index (χ0n) is 13.6. The fraction of sp³-hybridized carbons (Fsp3) is 0.294. The van der Waals surface area contributed by atoms with E-state index >= 15 is 0 Å². The minimum absolute atomic E-state index is 0.191. The van der Waals surface area contributed by atoms with Crippen molar-refractivity contribution in [3.8, 4) is 5.88 Å². The van der Waals surface area contributed by atoms with Gasteiger partial charge in [-0.2, -0.15) is 0 Å². The third kappa shape index (κ3) is 4.95. The van der Waals surface area contributed by atoms with Crippen molar-refractivity contribution >= 4 is 5.96 Å². The molecule has 0 aliphatic heterocycles. The van der Waals surface area contributed by atoms with Gasteiger partial charge < -0.3 is 15.4 Å². The Labute approximate surface area is 135 Å². The Balaban J connectivity index is 1.86. The van der Waals surface area contributed by atoms with Gasteiger partial charge in [0, 0.05) is 32.4 Å². The molecule has 0 spiro atoms. The van der Waals surface area contributed by atoms with Crippen molar-refractivity contribution in [1.29, 1.82) is 0 Å². The highest BCUT2D eigenvalue weighted by Crippen LogP contribution is 2.09. The van der Waals surface area contributed by atoms with Gasteiger partial charge in [-0.25, -0.2) is 9.37 Å². The Kier molecular flexibility index (Phi) is 5.91. The lowest BCUT2D eigenvalue weighted by atomic mass is 10.1. The van der Waals surface area contributed by atoms with Gasteiger partial charge in [-0.05, 0) is 29.7 Å². The van der Waals surface area contributed by atoms with Crippen LogP contribution < -0.4 is 15.4 Å². The summed E-state index contributed by atoms with van der Waals surface area (Å²) in [5.41, 5.74) is 2.65. The third-order valence-corrected chi connectivity index (χ3v) is 3.37.